The molecule has 0 atom stereocenters. The summed E-state index contributed by atoms with van der Waals surface area (Å²) in [4.78, 5) is 11.3. The molecule has 1 aromatic rings. The maximum atomic E-state index is 11.3. The zero-order valence-electron chi connectivity index (χ0n) is 12.2. The van der Waals surface area contributed by atoms with Crippen molar-refractivity contribution in [2.75, 3.05) is 20.8 Å². The number of hydrogen-bond acceptors (Lipinski definition) is 4. The van der Waals surface area contributed by atoms with Crippen molar-refractivity contribution < 1.29 is 14.3 Å². The first-order chi connectivity index (χ1) is 9.47. The van der Waals surface area contributed by atoms with Crippen LogP contribution in [0.25, 0.3) is 0 Å². The van der Waals surface area contributed by atoms with Gasteiger partial charge in [0.05, 0.1) is 7.11 Å². The Balaban J connectivity index is 2.98. The Morgan fingerprint density at radius 1 is 1.40 bits per heavy atom. The van der Waals surface area contributed by atoms with Crippen molar-refractivity contribution in [3.63, 3.8) is 0 Å². The normalized spacial score (nSPS) is 10.5. The van der Waals surface area contributed by atoms with Gasteiger partial charge in [-0.1, -0.05) is 25.4 Å². The summed E-state index contributed by atoms with van der Waals surface area (Å²) in [5.74, 6) is 0.848. The fourth-order valence-corrected chi connectivity index (χ4v) is 1.82. The molecule has 0 saturated heterocycles. The lowest BCUT2D eigenvalue weighted by Crippen LogP contribution is -2.26. The summed E-state index contributed by atoms with van der Waals surface area (Å²) in [5, 5.41) is 6.36. The van der Waals surface area contributed by atoms with E-state index in [0.717, 1.165) is 5.56 Å². The second-order valence-electron chi connectivity index (χ2n) is 4.59. The molecule has 1 aromatic carbocycles. The van der Waals surface area contributed by atoms with E-state index < -0.39 is 0 Å². The van der Waals surface area contributed by atoms with Crippen molar-refractivity contribution in [3.8, 4) is 11.5 Å². The van der Waals surface area contributed by atoms with Gasteiger partial charge in [-0.3, -0.25) is 4.79 Å². The Morgan fingerprint density at radius 2 is 2.10 bits per heavy atom. The molecule has 0 aliphatic rings. The predicted molar refractivity (Wildman–Crippen MR) is 79.5 cm³/mol. The average molecular weight is 301 g/mol. The molecule has 0 bridgehead atoms. The van der Waals surface area contributed by atoms with Gasteiger partial charge in [0.15, 0.2) is 18.1 Å². The zero-order valence-corrected chi connectivity index (χ0v) is 13.0. The summed E-state index contributed by atoms with van der Waals surface area (Å²) in [6, 6.07) is 3.80. The molecule has 1 rings (SSSR count). The van der Waals surface area contributed by atoms with Gasteiger partial charge >= 0.3 is 0 Å². The van der Waals surface area contributed by atoms with Gasteiger partial charge in [0, 0.05) is 36.3 Å². The van der Waals surface area contributed by atoms with Gasteiger partial charge in [-0.15, -0.1) is 0 Å². The number of amides is 1. The standard InChI is InChI=1S/C14H21ClN2O3/c1-9(2)17-7-10-5-11(15)6-12(19-4)14(10)20-8-13(18)16-3/h5-6,9,17H,7-8H2,1-4H3,(H,16,18). The number of halogens is 1. The number of hydrogen-bond donors (Lipinski definition) is 2. The van der Waals surface area contributed by atoms with Gasteiger partial charge in [0.25, 0.3) is 5.91 Å². The van der Waals surface area contributed by atoms with E-state index in [4.69, 9.17) is 21.1 Å². The molecule has 6 heteroatoms. The molecule has 20 heavy (non-hydrogen) atoms. The number of benzene rings is 1. The molecule has 0 fully saturated rings. The third-order valence-corrected chi connectivity index (χ3v) is 2.86. The number of likely N-dealkylation sites (N-methyl/N-ethyl adjacent to an activating group) is 1. The van der Waals surface area contributed by atoms with Gasteiger partial charge < -0.3 is 20.1 Å². The Morgan fingerprint density at radius 3 is 2.65 bits per heavy atom. The number of carbonyl (C=O) groups is 1. The first-order valence-electron chi connectivity index (χ1n) is 6.41. The molecule has 5 nitrogen and oxygen atoms in total. The molecule has 2 N–H and O–H groups in total. The number of methoxy groups -OCH3 is 1. The van der Waals surface area contributed by atoms with Crippen molar-refractivity contribution in [2.24, 2.45) is 0 Å². The maximum absolute atomic E-state index is 11.3. The van der Waals surface area contributed by atoms with Crippen LogP contribution < -0.4 is 20.1 Å². The highest BCUT2D eigenvalue weighted by molar-refractivity contribution is 6.30. The van der Waals surface area contributed by atoms with E-state index in [1.807, 2.05) is 13.8 Å². The third kappa shape index (κ3) is 4.90. The highest BCUT2D eigenvalue weighted by Gasteiger charge is 2.14. The molecule has 1 amide bonds. The van der Waals surface area contributed by atoms with Crippen molar-refractivity contribution in [3.05, 3.63) is 22.7 Å². The molecule has 0 radical (unpaired) electrons. The largest absolute Gasteiger partial charge is 0.493 e. The van der Waals surface area contributed by atoms with Crippen LogP contribution in [0.5, 0.6) is 11.5 Å². The SMILES string of the molecule is CNC(=O)COc1c(CNC(C)C)cc(Cl)cc1OC. The van der Waals surface area contributed by atoms with Crippen molar-refractivity contribution in [2.45, 2.75) is 26.4 Å². The maximum Gasteiger partial charge on any atom is 0.257 e. The van der Waals surface area contributed by atoms with E-state index in [1.165, 1.54) is 7.11 Å². The minimum absolute atomic E-state index is 0.0663. The van der Waals surface area contributed by atoms with Gasteiger partial charge in [0.2, 0.25) is 0 Å². The lowest BCUT2D eigenvalue weighted by atomic mass is 10.1. The third-order valence-electron chi connectivity index (χ3n) is 2.64. The Kier molecular flexibility index (Phi) is 6.61. The monoisotopic (exact) mass is 300 g/mol. The van der Waals surface area contributed by atoms with Crippen LogP contribution in [0.4, 0.5) is 0 Å². The molecule has 0 aromatic heterocycles. The van der Waals surface area contributed by atoms with E-state index in [0.29, 0.717) is 29.1 Å². The van der Waals surface area contributed by atoms with Crippen LogP contribution in [0.2, 0.25) is 5.02 Å². The van der Waals surface area contributed by atoms with Gasteiger partial charge in [-0.05, 0) is 6.07 Å². The lowest BCUT2D eigenvalue weighted by molar-refractivity contribution is -0.122. The van der Waals surface area contributed by atoms with Gasteiger partial charge in [0.1, 0.15) is 0 Å². The summed E-state index contributed by atoms with van der Waals surface area (Å²) in [6.45, 7) is 4.61. The Labute approximate surface area is 124 Å². The number of rotatable bonds is 7. The Hall–Kier alpha value is -1.46. The molecule has 0 unspecified atom stereocenters. The topological polar surface area (TPSA) is 59.6 Å². The summed E-state index contributed by atoms with van der Waals surface area (Å²) in [6.07, 6.45) is 0. The first kappa shape index (κ1) is 16.6. The van der Waals surface area contributed by atoms with Crippen molar-refractivity contribution in [1.29, 1.82) is 0 Å². The summed E-state index contributed by atoms with van der Waals surface area (Å²) < 4.78 is 10.8. The van der Waals surface area contributed by atoms with E-state index >= 15 is 0 Å². The Bertz CT molecular complexity index is 464. The van der Waals surface area contributed by atoms with E-state index in [1.54, 1.807) is 19.2 Å². The van der Waals surface area contributed by atoms with Crippen LogP contribution in [0, 0.1) is 0 Å². The van der Waals surface area contributed by atoms with Gasteiger partial charge in [-0.2, -0.15) is 0 Å². The van der Waals surface area contributed by atoms with Crippen LogP contribution >= 0.6 is 11.6 Å². The number of carbonyl (C=O) groups excluding carboxylic acids is 1. The van der Waals surface area contributed by atoms with Crippen LogP contribution in [0.3, 0.4) is 0 Å². The highest BCUT2D eigenvalue weighted by atomic mass is 35.5. The quantitative estimate of drug-likeness (QED) is 0.808. The number of ether oxygens (including phenoxy) is 2. The van der Waals surface area contributed by atoms with E-state index in [2.05, 4.69) is 10.6 Å². The van der Waals surface area contributed by atoms with Crippen molar-refractivity contribution >= 4 is 17.5 Å². The van der Waals surface area contributed by atoms with E-state index in [9.17, 15) is 4.79 Å². The van der Waals surface area contributed by atoms with Crippen LogP contribution in [-0.4, -0.2) is 32.7 Å². The minimum Gasteiger partial charge on any atom is -0.493 e. The molecular formula is C14H21ClN2O3. The molecule has 0 spiro atoms. The fourth-order valence-electron chi connectivity index (χ4n) is 1.59. The van der Waals surface area contributed by atoms with Gasteiger partial charge in [-0.25, -0.2) is 0 Å². The minimum atomic E-state index is -0.204. The zero-order chi connectivity index (χ0) is 15.1. The first-order valence-corrected chi connectivity index (χ1v) is 6.78. The number of nitrogens with one attached hydrogen (secondary N) is 2. The molecule has 0 aliphatic heterocycles. The smallest absolute Gasteiger partial charge is 0.257 e. The van der Waals surface area contributed by atoms with Crippen molar-refractivity contribution in [1.82, 2.24) is 10.6 Å². The molecule has 0 heterocycles. The highest BCUT2D eigenvalue weighted by Crippen LogP contribution is 2.34. The average Bonchev–Trinajstić information content (AvgIpc) is 2.42. The predicted octanol–water partition coefficient (Wildman–Crippen LogP) is 1.97. The summed E-state index contributed by atoms with van der Waals surface area (Å²) in [7, 11) is 3.10. The van der Waals surface area contributed by atoms with Crippen LogP contribution in [-0.2, 0) is 11.3 Å². The molecule has 112 valence electrons. The fraction of sp³-hybridized carbons (Fsp3) is 0.500. The lowest BCUT2D eigenvalue weighted by Gasteiger charge is -2.17. The van der Waals surface area contributed by atoms with E-state index in [-0.39, 0.29) is 12.5 Å². The molecule has 0 saturated carbocycles. The molecular weight excluding hydrogens is 280 g/mol. The molecule has 0 aliphatic carbocycles. The van der Waals surface area contributed by atoms with Crippen LogP contribution in [0.15, 0.2) is 12.1 Å². The summed E-state index contributed by atoms with van der Waals surface area (Å²) >= 11 is 6.06. The summed E-state index contributed by atoms with van der Waals surface area (Å²) in [5.41, 5.74) is 0.854. The second kappa shape index (κ2) is 7.97. The second-order valence-corrected chi connectivity index (χ2v) is 5.03. The van der Waals surface area contributed by atoms with Crippen LogP contribution in [0.1, 0.15) is 19.4 Å².